The topological polar surface area (TPSA) is 201 Å². The van der Waals surface area contributed by atoms with E-state index in [9.17, 15) is 0 Å². The minimum absolute atomic E-state index is 0. The summed E-state index contributed by atoms with van der Waals surface area (Å²) in [6.07, 6.45) is 0. The molecular formula is C10H20MnN2O8-4. The minimum Gasteiger partial charge on any atom is -0.503 e. The summed E-state index contributed by atoms with van der Waals surface area (Å²) < 4.78 is 0. The average molecular weight is 351 g/mol. The van der Waals surface area contributed by atoms with E-state index < -0.39 is 23.9 Å². The van der Waals surface area contributed by atoms with E-state index in [1.165, 1.54) is 0 Å². The van der Waals surface area contributed by atoms with Crippen LogP contribution in [0.5, 0.6) is 0 Å². The fourth-order valence-corrected chi connectivity index (χ4v) is 0. The molecule has 0 aromatic carbocycles. The SMILES string of the molecule is NCCN.[CH2-]C(=O)O.[CH2-]C(=O)O.[CH2-]C(=O)O.[CH2-]C(=O)O.[Mn]. The zero-order valence-corrected chi connectivity index (χ0v) is 12.4. The van der Waals surface area contributed by atoms with Crippen LogP contribution in [0.25, 0.3) is 0 Å². The first-order valence-electron chi connectivity index (χ1n) is 4.44. The van der Waals surface area contributed by atoms with Crippen molar-refractivity contribution in [3.63, 3.8) is 0 Å². The summed E-state index contributed by atoms with van der Waals surface area (Å²) in [5.74, 6) is -4.33. The van der Waals surface area contributed by atoms with Crippen molar-refractivity contribution in [2.24, 2.45) is 11.5 Å². The van der Waals surface area contributed by atoms with Gasteiger partial charge in [-0.3, -0.25) is 46.9 Å². The van der Waals surface area contributed by atoms with Gasteiger partial charge in [0.2, 0.25) is 0 Å². The molecule has 0 fully saturated rings. The maximum absolute atomic E-state index is 8.89. The smallest absolute Gasteiger partial charge is 0.161 e. The van der Waals surface area contributed by atoms with Crippen LogP contribution in [-0.2, 0) is 36.2 Å². The van der Waals surface area contributed by atoms with E-state index in [2.05, 4.69) is 27.7 Å². The van der Waals surface area contributed by atoms with E-state index in [1.54, 1.807) is 0 Å². The summed E-state index contributed by atoms with van der Waals surface area (Å²) in [4.78, 5) is 35.6. The summed E-state index contributed by atoms with van der Waals surface area (Å²) in [6.45, 7) is 11.4. The minimum atomic E-state index is -1.08. The first-order chi connectivity index (χ1) is 8.84. The number of nitrogens with two attached hydrogens (primary N) is 2. The van der Waals surface area contributed by atoms with Crippen LogP contribution in [0.3, 0.4) is 0 Å². The number of aliphatic carboxylic acids is 4. The number of carboxylic acid groups (broad SMARTS) is 4. The molecule has 129 valence electrons. The van der Waals surface area contributed by atoms with Crippen LogP contribution in [0.1, 0.15) is 0 Å². The third-order valence-corrected chi connectivity index (χ3v) is 0.167. The quantitative estimate of drug-likeness (QED) is 0.239. The molecule has 0 unspecified atom stereocenters. The van der Waals surface area contributed by atoms with Crippen LogP contribution in [0.15, 0.2) is 0 Å². The molecule has 0 bridgehead atoms. The van der Waals surface area contributed by atoms with Crippen molar-refractivity contribution in [3.8, 4) is 0 Å². The van der Waals surface area contributed by atoms with Gasteiger partial charge in [0.05, 0.1) is 0 Å². The second-order valence-electron chi connectivity index (χ2n) is 2.15. The molecule has 0 aromatic heterocycles. The standard InChI is InChI=1S/C2H8N2.4C2H3O2.Mn/c3-1-2-4;4*1-2(3)4;/h1-4H2;4*1H2,(H,3,4);/q;4*-1;. The van der Waals surface area contributed by atoms with E-state index in [0.717, 1.165) is 0 Å². The van der Waals surface area contributed by atoms with Gasteiger partial charge < -0.3 is 31.9 Å². The van der Waals surface area contributed by atoms with Gasteiger partial charge in [-0.05, 0) is 0 Å². The predicted octanol–water partition coefficient (Wildman–Crippen LogP) is -1.48. The second-order valence-corrected chi connectivity index (χ2v) is 2.15. The maximum atomic E-state index is 8.89. The Morgan fingerprint density at radius 1 is 0.619 bits per heavy atom. The van der Waals surface area contributed by atoms with Crippen molar-refractivity contribution in [2.45, 2.75) is 0 Å². The van der Waals surface area contributed by atoms with Crippen LogP contribution in [0.4, 0.5) is 0 Å². The van der Waals surface area contributed by atoms with Crippen molar-refractivity contribution in [1.29, 1.82) is 0 Å². The molecule has 0 atom stereocenters. The molecule has 0 amide bonds. The van der Waals surface area contributed by atoms with E-state index in [0.29, 0.717) is 13.1 Å². The van der Waals surface area contributed by atoms with Crippen LogP contribution in [0.2, 0.25) is 0 Å². The fraction of sp³-hybridized carbons (Fsp3) is 0.200. The maximum Gasteiger partial charge on any atom is 0.161 e. The predicted molar refractivity (Wildman–Crippen MR) is 70.1 cm³/mol. The molecule has 11 heteroatoms. The fourth-order valence-electron chi connectivity index (χ4n) is 0. The molecule has 8 N–H and O–H groups in total. The Morgan fingerprint density at radius 2 is 0.667 bits per heavy atom. The van der Waals surface area contributed by atoms with Gasteiger partial charge in [-0.2, -0.15) is 0 Å². The van der Waals surface area contributed by atoms with Crippen molar-refractivity contribution in [2.75, 3.05) is 13.1 Å². The molecule has 0 aromatic rings. The molecule has 21 heavy (non-hydrogen) atoms. The Labute approximate surface area is 133 Å². The monoisotopic (exact) mass is 351 g/mol. The van der Waals surface area contributed by atoms with Crippen LogP contribution in [0, 0.1) is 27.7 Å². The number of hydrogen-bond acceptors (Lipinski definition) is 6. The normalized spacial score (nSPS) is 6.00. The third-order valence-electron chi connectivity index (χ3n) is 0.167. The third kappa shape index (κ3) is 3080. The first kappa shape index (κ1) is 36.4. The molecule has 0 saturated carbocycles. The van der Waals surface area contributed by atoms with Gasteiger partial charge in [0, 0.05) is 30.2 Å². The van der Waals surface area contributed by atoms with Crippen molar-refractivity contribution in [1.82, 2.24) is 0 Å². The first-order valence-corrected chi connectivity index (χ1v) is 4.44. The van der Waals surface area contributed by atoms with E-state index in [1.807, 2.05) is 0 Å². The summed E-state index contributed by atoms with van der Waals surface area (Å²) >= 11 is 0. The van der Waals surface area contributed by atoms with Gasteiger partial charge >= 0.3 is 0 Å². The number of rotatable bonds is 1. The van der Waals surface area contributed by atoms with Gasteiger partial charge in [0.25, 0.3) is 0 Å². The zero-order valence-electron chi connectivity index (χ0n) is 11.2. The summed E-state index contributed by atoms with van der Waals surface area (Å²) in [5.41, 5.74) is 9.81. The van der Waals surface area contributed by atoms with Crippen LogP contribution in [-0.4, -0.2) is 57.4 Å². The van der Waals surface area contributed by atoms with E-state index in [-0.39, 0.29) is 17.1 Å². The van der Waals surface area contributed by atoms with Gasteiger partial charge in [-0.25, -0.2) is 0 Å². The van der Waals surface area contributed by atoms with Gasteiger partial charge in [-0.15, -0.1) is 0 Å². The Hall–Kier alpha value is -2.20. The summed E-state index contributed by atoms with van der Waals surface area (Å²) in [6, 6.07) is 0. The molecule has 0 aliphatic heterocycles. The Balaban J connectivity index is -0.0000000331. The molecule has 10 nitrogen and oxygen atoms in total. The number of hydrogen-bond donors (Lipinski definition) is 6. The molecule has 0 aliphatic carbocycles. The van der Waals surface area contributed by atoms with E-state index in [4.69, 9.17) is 51.1 Å². The van der Waals surface area contributed by atoms with Crippen LogP contribution < -0.4 is 11.5 Å². The van der Waals surface area contributed by atoms with E-state index >= 15 is 0 Å². The molecule has 0 heterocycles. The average Bonchev–Trinajstić information content (AvgIpc) is 2.13. The Morgan fingerprint density at radius 3 is 0.667 bits per heavy atom. The van der Waals surface area contributed by atoms with Gasteiger partial charge in [-0.1, -0.05) is 0 Å². The Kier molecular flexibility index (Phi) is 62.5. The molecule has 0 rings (SSSR count). The van der Waals surface area contributed by atoms with Crippen LogP contribution >= 0.6 is 0 Å². The molecule has 0 aliphatic rings. The Bertz CT molecular complexity index is 195. The molecular weight excluding hydrogens is 331 g/mol. The summed E-state index contributed by atoms with van der Waals surface area (Å²) in [5, 5.41) is 29.2. The van der Waals surface area contributed by atoms with Crippen molar-refractivity contribution < 1.29 is 56.7 Å². The second kappa shape index (κ2) is 36.1. The van der Waals surface area contributed by atoms with Crippen molar-refractivity contribution in [3.05, 3.63) is 27.7 Å². The zero-order chi connectivity index (χ0) is 17.7. The molecule has 1 radical (unpaired) electrons. The van der Waals surface area contributed by atoms with Gasteiger partial charge in [0.15, 0.2) is 23.9 Å². The van der Waals surface area contributed by atoms with Gasteiger partial charge in [0.1, 0.15) is 0 Å². The molecule has 0 spiro atoms. The largest absolute Gasteiger partial charge is 0.503 e. The van der Waals surface area contributed by atoms with Crippen molar-refractivity contribution >= 4 is 23.9 Å². The molecule has 0 saturated heterocycles. The number of carboxylic acids is 4. The number of carbonyl (C=O) groups is 4. The summed E-state index contributed by atoms with van der Waals surface area (Å²) in [7, 11) is 0.